The minimum atomic E-state index is 0.199. The average molecular weight is 236 g/mol. The molecule has 0 saturated carbocycles. The summed E-state index contributed by atoms with van der Waals surface area (Å²) in [6, 6.07) is 0. The van der Waals surface area contributed by atoms with Crippen molar-refractivity contribution in [3.63, 3.8) is 0 Å². The van der Waals surface area contributed by atoms with E-state index in [-0.39, 0.29) is 5.91 Å². The molecule has 1 amide bonds. The van der Waals surface area contributed by atoms with Gasteiger partial charge in [-0.3, -0.25) is 4.79 Å². The molecule has 0 aromatic carbocycles. The molecule has 0 atom stereocenters. The van der Waals surface area contributed by atoms with Crippen molar-refractivity contribution in [3.05, 3.63) is 0 Å². The van der Waals surface area contributed by atoms with Crippen LogP contribution in [0.4, 0.5) is 0 Å². The number of carbonyl (C=O) groups excluding carboxylic acids is 1. The lowest BCUT2D eigenvalue weighted by molar-refractivity contribution is -0.121. The SMILES string of the molecule is CCCCCC(=O)NCCCBr. The first-order chi connectivity index (χ1) is 5.81. The average Bonchev–Trinajstić information content (AvgIpc) is 2.06. The second-order valence-corrected chi connectivity index (χ2v) is 3.64. The number of carbonyl (C=O) groups is 1. The highest BCUT2D eigenvalue weighted by molar-refractivity contribution is 9.09. The van der Waals surface area contributed by atoms with Gasteiger partial charge in [0, 0.05) is 18.3 Å². The van der Waals surface area contributed by atoms with Crippen molar-refractivity contribution in [1.82, 2.24) is 5.32 Å². The molecule has 0 fully saturated rings. The molecule has 0 unspecified atom stereocenters. The number of alkyl halides is 1. The van der Waals surface area contributed by atoms with E-state index in [1.807, 2.05) is 0 Å². The lowest BCUT2D eigenvalue weighted by Crippen LogP contribution is -2.24. The Hall–Kier alpha value is -0.0500. The molecule has 0 bridgehead atoms. The summed E-state index contributed by atoms with van der Waals surface area (Å²) in [7, 11) is 0. The van der Waals surface area contributed by atoms with E-state index in [1.54, 1.807) is 0 Å². The Morgan fingerprint density at radius 2 is 2.08 bits per heavy atom. The summed E-state index contributed by atoms with van der Waals surface area (Å²) in [4.78, 5) is 11.1. The molecule has 12 heavy (non-hydrogen) atoms. The molecule has 1 N–H and O–H groups in total. The van der Waals surface area contributed by atoms with Crippen molar-refractivity contribution in [2.75, 3.05) is 11.9 Å². The zero-order valence-electron chi connectivity index (χ0n) is 7.74. The van der Waals surface area contributed by atoms with Crippen LogP contribution >= 0.6 is 15.9 Å². The van der Waals surface area contributed by atoms with Crippen molar-refractivity contribution < 1.29 is 4.79 Å². The third-order valence-electron chi connectivity index (χ3n) is 1.64. The largest absolute Gasteiger partial charge is 0.356 e. The predicted molar refractivity (Wildman–Crippen MR) is 55.6 cm³/mol. The predicted octanol–water partition coefficient (Wildman–Crippen LogP) is 2.47. The van der Waals surface area contributed by atoms with Crippen molar-refractivity contribution in [2.24, 2.45) is 0 Å². The molecule has 0 heterocycles. The van der Waals surface area contributed by atoms with Crippen LogP contribution in [0.1, 0.15) is 39.0 Å². The Bertz CT molecular complexity index is 105. The van der Waals surface area contributed by atoms with E-state index < -0.39 is 0 Å². The van der Waals surface area contributed by atoms with E-state index in [0.717, 1.165) is 31.1 Å². The summed E-state index contributed by atoms with van der Waals surface area (Å²) in [6.07, 6.45) is 5.06. The van der Waals surface area contributed by atoms with Crippen molar-refractivity contribution in [2.45, 2.75) is 39.0 Å². The third kappa shape index (κ3) is 8.05. The lowest BCUT2D eigenvalue weighted by Gasteiger charge is -2.02. The number of rotatable bonds is 7. The molecule has 0 aliphatic heterocycles. The third-order valence-corrected chi connectivity index (χ3v) is 2.20. The summed E-state index contributed by atoms with van der Waals surface area (Å²) in [5.41, 5.74) is 0. The summed E-state index contributed by atoms with van der Waals surface area (Å²) in [6.45, 7) is 2.94. The van der Waals surface area contributed by atoms with Crippen LogP contribution in [0.3, 0.4) is 0 Å². The van der Waals surface area contributed by atoms with E-state index in [0.29, 0.717) is 6.42 Å². The van der Waals surface area contributed by atoms with Crippen LogP contribution in [0, 0.1) is 0 Å². The Balaban J connectivity index is 3.10. The molecule has 0 rings (SSSR count). The van der Waals surface area contributed by atoms with Gasteiger partial charge in [-0.2, -0.15) is 0 Å². The summed E-state index contributed by atoms with van der Waals surface area (Å²) >= 11 is 3.31. The maximum atomic E-state index is 11.1. The summed E-state index contributed by atoms with van der Waals surface area (Å²) in [5.74, 6) is 0.199. The first-order valence-corrected chi connectivity index (χ1v) is 5.76. The fraction of sp³-hybridized carbons (Fsp3) is 0.889. The molecule has 72 valence electrons. The highest BCUT2D eigenvalue weighted by atomic mass is 79.9. The maximum Gasteiger partial charge on any atom is 0.219 e. The highest BCUT2D eigenvalue weighted by Gasteiger charge is 1.98. The highest BCUT2D eigenvalue weighted by Crippen LogP contribution is 1.98. The van der Waals surface area contributed by atoms with Gasteiger partial charge in [-0.05, 0) is 12.8 Å². The van der Waals surface area contributed by atoms with Crippen LogP contribution < -0.4 is 5.32 Å². The molecule has 0 radical (unpaired) electrons. The minimum Gasteiger partial charge on any atom is -0.356 e. The van der Waals surface area contributed by atoms with Crippen LogP contribution in [-0.4, -0.2) is 17.8 Å². The monoisotopic (exact) mass is 235 g/mol. The van der Waals surface area contributed by atoms with E-state index in [1.165, 1.54) is 6.42 Å². The summed E-state index contributed by atoms with van der Waals surface area (Å²) in [5, 5.41) is 3.83. The molecule has 0 aromatic rings. The number of halogens is 1. The molecule has 0 saturated heterocycles. The van der Waals surface area contributed by atoms with Crippen molar-refractivity contribution >= 4 is 21.8 Å². The Morgan fingerprint density at radius 1 is 1.33 bits per heavy atom. The van der Waals surface area contributed by atoms with Crippen molar-refractivity contribution in [3.8, 4) is 0 Å². The Labute approximate surface area is 83.2 Å². The first kappa shape index (κ1) is 11.9. The van der Waals surface area contributed by atoms with Crippen LogP contribution in [0.2, 0.25) is 0 Å². The molecular formula is C9H18BrNO. The van der Waals surface area contributed by atoms with E-state index >= 15 is 0 Å². The van der Waals surface area contributed by atoms with Gasteiger partial charge in [0.05, 0.1) is 0 Å². The molecule has 2 nitrogen and oxygen atoms in total. The second-order valence-electron chi connectivity index (χ2n) is 2.85. The molecular weight excluding hydrogens is 218 g/mol. The van der Waals surface area contributed by atoms with E-state index in [2.05, 4.69) is 28.2 Å². The van der Waals surface area contributed by atoms with Gasteiger partial charge >= 0.3 is 0 Å². The summed E-state index contributed by atoms with van der Waals surface area (Å²) < 4.78 is 0. The van der Waals surface area contributed by atoms with E-state index in [9.17, 15) is 4.79 Å². The zero-order valence-corrected chi connectivity index (χ0v) is 9.32. The number of nitrogens with one attached hydrogen (secondary N) is 1. The van der Waals surface area contributed by atoms with Gasteiger partial charge in [-0.1, -0.05) is 35.7 Å². The molecule has 0 aliphatic rings. The fourth-order valence-electron chi connectivity index (χ4n) is 0.919. The topological polar surface area (TPSA) is 29.1 Å². The van der Waals surface area contributed by atoms with E-state index in [4.69, 9.17) is 0 Å². The number of hydrogen-bond donors (Lipinski definition) is 1. The Morgan fingerprint density at radius 3 is 2.67 bits per heavy atom. The number of hydrogen-bond acceptors (Lipinski definition) is 1. The zero-order chi connectivity index (χ0) is 9.23. The van der Waals surface area contributed by atoms with Crippen molar-refractivity contribution in [1.29, 1.82) is 0 Å². The minimum absolute atomic E-state index is 0.199. The Kier molecular flexibility index (Phi) is 9.00. The van der Waals surface area contributed by atoms with Gasteiger partial charge in [0.2, 0.25) is 5.91 Å². The second kappa shape index (κ2) is 9.04. The maximum absolute atomic E-state index is 11.1. The lowest BCUT2D eigenvalue weighted by atomic mass is 10.2. The van der Waals surface area contributed by atoms with Crippen LogP contribution in [0.15, 0.2) is 0 Å². The standard InChI is InChI=1S/C9H18BrNO/c1-2-3-4-6-9(12)11-8-5-7-10/h2-8H2,1H3,(H,11,12). The molecule has 0 aromatic heterocycles. The van der Waals surface area contributed by atoms with Gasteiger partial charge in [0.25, 0.3) is 0 Å². The van der Waals surface area contributed by atoms with Gasteiger partial charge < -0.3 is 5.32 Å². The fourth-order valence-corrected chi connectivity index (χ4v) is 1.20. The van der Waals surface area contributed by atoms with Crippen LogP contribution in [0.5, 0.6) is 0 Å². The normalized spacial score (nSPS) is 9.83. The van der Waals surface area contributed by atoms with Crippen LogP contribution in [0.25, 0.3) is 0 Å². The molecule has 0 spiro atoms. The van der Waals surface area contributed by atoms with Crippen LogP contribution in [-0.2, 0) is 4.79 Å². The number of unbranched alkanes of at least 4 members (excludes halogenated alkanes) is 2. The van der Waals surface area contributed by atoms with Gasteiger partial charge in [-0.25, -0.2) is 0 Å². The molecule has 0 aliphatic carbocycles. The van der Waals surface area contributed by atoms with Gasteiger partial charge in [0.15, 0.2) is 0 Å². The number of amides is 1. The smallest absolute Gasteiger partial charge is 0.219 e. The molecule has 3 heteroatoms. The van der Waals surface area contributed by atoms with Gasteiger partial charge in [0.1, 0.15) is 0 Å². The first-order valence-electron chi connectivity index (χ1n) is 4.64. The van der Waals surface area contributed by atoms with Gasteiger partial charge in [-0.15, -0.1) is 0 Å². The quantitative estimate of drug-likeness (QED) is 0.534.